The van der Waals surface area contributed by atoms with Gasteiger partial charge >= 0.3 is 6.09 Å². The number of carbonyl (C=O) groups is 2. The fourth-order valence-electron chi connectivity index (χ4n) is 4.27. The molecule has 6 nitrogen and oxygen atoms in total. The van der Waals surface area contributed by atoms with Crippen LogP contribution in [0.25, 0.3) is 0 Å². The van der Waals surface area contributed by atoms with E-state index in [2.05, 4.69) is 0 Å². The van der Waals surface area contributed by atoms with E-state index in [0.717, 1.165) is 12.8 Å². The maximum absolute atomic E-state index is 13.9. The lowest BCUT2D eigenvalue weighted by Crippen LogP contribution is -2.60. The molecule has 0 spiro atoms. The number of Topliss-reactive ketones (excluding diaryl/α,β-unsaturated/α-hetero) is 1. The predicted molar refractivity (Wildman–Crippen MR) is 108 cm³/mol. The largest absolute Gasteiger partial charge is 0.493 e. The molecule has 164 valence electrons. The van der Waals surface area contributed by atoms with E-state index >= 15 is 0 Å². The van der Waals surface area contributed by atoms with Crippen molar-refractivity contribution >= 4 is 11.9 Å². The zero-order valence-electron chi connectivity index (χ0n) is 17.9. The summed E-state index contributed by atoms with van der Waals surface area (Å²) in [6, 6.07) is 3.69. The number of morpholine rings is 1. The number of hydrogen-bond donors (Lipinski definition) is 0. The zero-order chi connectivity index (χ0) is 21.5. The van der Waals surface area contributed by atoms with Gasteiger partial charge in [0.05, 0.1) is 37.5 Å². The second-order valence-electron chi connectivity index (χ2n) is 9.66. The van der Waals surface area contributed by atoms with E-state index in [1.807, 2.05) is 20.8 Å². The third kappa shape index (κ3) is 4.77. The Bertz CT molecular complexity index is 802. The first kappa shape index (κ1) is 21.1. The molecule has 7 heteroatoms. The summed E-state index contributed by atoms with van der Waals surface area (Å²) in [5.74, 6) is 0.0939. The molecule has 1 aliphatic carbocycles. The third-order valence-corrected chi connectivity index (χ3v) is 5.87. The minimum Gasteiger partial charge on any atom is -0.493 e. The highest BCUT2D eigenvalue weighted by atomic mass is 19.1. The lowest BCUT2D eigenvalue weighted by Gasteiger charge is -2.47. The number of fused-ring (bicyclic) bond motifs is 2. The highest BCUT2D eigenvalue weighted by Crippen LogP contribution is 2.37. The summed E-state index contributed by atoms with van der Waals surface area (Å²) in [6.07, 6.45) is 2.83. The highest BCUT2D eigenvalue weighted by molar-refractivity contribution is 6.00. The van der Waals surface area contributed by atoms with Gasteiger partial charge in [-0.15, -0.1) is 0 Å². The van der Waals surface area contributed by atoms with E-state index < -0.39 is 11.4 Å². The van der Waals surface area contributed by atoms with Gasteiger partial charge in [-0.05, 0) is 70.6 Å². The molecular weight excluding hydrogens is 389 g/mol. The van der Waals surface area contributed by atoms with E-state index in [-0.39, 0.29) is 29.9 Å². The molecule has 2 heterocycles. The van der Waals surface area contributed by atoms with Crippen molar-refractivity contribution in [2.45, 2.75) is 64.1 Å². The Kier molecular flexibility index (Phi) is 5.75. The SMILES string of the molecule is CC(C)(C)OC(=O)N1C2COCC1CC(C(=O)c1cc(F)ccc1OCC1CC1)C2. The van der Waals surface area contributed by atoms with E-state index in [4.69, 9.17) is 14.2 Å². The topological polar surface area (TPSA) is 65.1 Å². The van der Waals surface area contributed by atoms with Gasteiger partial charge in [0.25, 0.3) is 0 Å². The summed E-state index contributed by atoms with van der Waals surface area (Å²) in [7, 11) is 0. The maximum Gasteiger partial charge on any atom is 0.410 e. The highest BCUT2D eigenvalue weighted by Gasteiger charge is 2.45. The van der Waals surface area contributed by atoms with Crippen molar-refractivity contribution in [2.24, 2.45) is 11.8 Å². The molecule has 1 aromatic rings. The Morgan fingerprint density at radius 3 is 2.43 bits per heavy atom. The molecule has 1 saturated carbocycles. The van der Waals surface area contributed by atoms with Gasteiger partial charge in [0.15, 0.2) is 5.78 Å². The summed E-state index contributed by atoms with van der Waals surface area (Å²) in [4.78, 5) is 27.8. The number of ether oxygens (including phenoxy) is 3. The Balaban J connectivity index is 1.50. The normalized spacial score (nSPS) is 26.3. The molecular formula is C23H30FNO5. The summed E-state index contributed by atoms with van der Waals surface area (Å²) < 4.78 is 31.0. The molecule has 2 bridgehead atoms. The van der Waals surface area contributed by atoms with Crippen LogP contribution in [0.5, 0.6) is 5.75 Å². The molecule has 4 rings (SSSR count). The standard InChI is InChI=1S/C23H30FNO5/c1-23(2,3)30-22(27)25-17-8-15(9-18(25)13-28-12-17)21(26)19-10-16(24)6-7-20(19)29-11-14-4-5-14/h6-7,10,14-15,17-18H,4-5,8-9,11-13H2,1-3H3. The summed E-state index contributed by atoms with van der Waals surface area (Å²) in [6.45, 7) is 6.80. The Labute approximate surface area is 176 Å². The van der Waals surface area contributed by atoms with Crippen molar-refractivity contribution < 1.29 is 28.2 Å². The Morgan fingerprint density at radius 2 is 1.83 bits per heavy atom. The van der Waals surface area contributed by atoms with Crippen molar-refractivity contribution in [3.05, 3.63) is 29.6 Å². The van der Waals surface area contributed by atoms with Gasteiger partial charge in [-0.25, -0.2) is 9.18 Å². The first-order valence-electron chi connectivity index (χ1n) is 10.8. The fourth-order valence-corrected chi connectivity index (χ4v) is 4.27. The number of piperidine rings is 1. The summed E-state index contributed by atoms with van der Waals surface area (Å²) in [5.41, 5.74) is -0.292. The smallest absolute Gasteiger partial charge is 0.410 e. The third-order valence-electron chi connectivity index (χ3n) is 5.87. The maximum atomic E-state index is 13.9. The molecule has 3 aliphatic rings. The van der Waals surface area contributed by atoms with E-state index in [0.29, 0.717) is 49.9 Å². The van der Waals surface area contributed by atoms with Crippen LogP contribution in [0.15, 0.2) is 18.2 Å². The molecule has 2 unspecified atom stereocenters. The average molecular weight is 419 g/mol. The number of carbonyl (C=O) groups excluding carboxylic acids is 2. The molecule has 0 N–H and O–H groups in total. The van der Waals surface area contributed by atoms with Gasteiger partial charge in [-0.3, -0.25) is 9.69 Å². The van der Waals surface area contributed by atoms with Gasteiger partial charge in [0.2, 0.25) is 0 Å². The molecule has 30 heavy (non-hydrogen) atoms. The zero-order valence-corrected chi connectivity index (χ0v) is 17.9. The van der Waals surface area contributed by atoms with Gasteiger partial charge in [0.1, 0.15) is 17.2 Å². The second kappa shape index (κ2) is 8.17. The molecule has 0 aromatic heterocycles. The first-order valence-corrected chi connectivity index (χ1v) is 10.8. The molecule has 2 aliphatic heterocycles. The molecule has 2 atom stereocenters. The van der Waals surface area contributed by atoms with Crippen LogP contribution in [0.3, 0.4) is 0 Å². The fraction of sp³-hybridized carbons (Fsp3) is 0.652. The van der Waals surface area contributed by atoms with Gasteiger partial charge in [-0.2, -0.15) is 0 Å². The average Bonchev–Trinajstić information content (AvgIpc) is 3.48. The Hall–Kier alpha value is -2.15. The van der Waals surface area contributed by atoms with Gasteiger partial charge < -0.3 is 14.2 Å². The van der Waals surface area contributed by atoms with Crippen molar-refractivity contribution in [3.8, 4) is 5.75 Å². The number of nitrogens with zero attached hydrogens (tertiary/aromatic N) is 1. The minimum atomic E-state index is -0.589. The van der Waals surface area contributed by atoms with Crippen LogP contribution in [-0.4, -0.2) is 54.3 Å². The van der Waals surface area contributed by atoms with Crippen LogP contribution in [0.2, 0.25) is 0 Å². The summed E-state index contributed by atoms with van der Waals surface area (Å²) in [5, 5.41) is 0. The Morgan fingerprint density at radius 1 is 1.17 bits per heavy atom. The quantitative estimate of drug-likeness (QED) is 0.669. The first-order chi connectivity index (χ1) is 14.2. The monoisotopic (exact) mass is 419 g/mol. The molecule has 3 fully saturated rings. The summed E-state index contributed by atoms with van der Waals surface area (Å²) >= 11 is 0. The van der Waals surface area contributed by atoms with Crippen LogP contribution in [-0.2, 0) is 9.47 Å². The lowest BCUT2D eigenvalue weighted by molar-refractivity contribution is -0.0861. The molecule has 1 aromatic carbocycles. The van der Waals surface area contributed by atoms with E-state index in [1.165, 1.54) is 12.1 Å². The van der Waals surface area contributed by atoms with E-state index in [9.17, 15) is 14.0 Å². The van der Waals surface area contributed by atoms with Crippen LogP contribution in [0, 0.1) is 17.7 Å². The van der Waals surface area contributed by atoms with E-state index in [1.54, 1.807) is 11.0 Å². The molecule has 0 radical (unpaired) electrons. The number of rotatable bonds is 5. The van der Waals surface area contributed by atoms with Crippen molar-refractivity contribution in [1.82, 2.24) is 4.90 Å². The van der Waals surface area contributed by atoms with Crippen LogP contribution < -0.4 is 4.74 Å². The number of amides is 1. The van der Waals surface area contributed by atoms with Gasteiger partial charge in [0, 0.05) is 5.92 Å². The number of benzene rings is 1. The predicted octanol–water partition coefficient (Wildman–Crippen LogP) is 4.21. The van der Waals surface area contributed by atoms with Crippen molar-refractivity contribution in [2.75, 3.05) is 19.8 Å². The van der Waals surface area contributed by atoms with Crippen molar-refractivity contribution in [1.29, 1.82) is 0 Å². The minimum absolute atomic E-state index is 0.124. The van der Waals surface area contributed by atoms with Crippen LogP contribution >= 0.6 is 0 Å². The number of halogens is 1. The van der Waals surface area contributed by atoms with Crippen LogP contribution in [0.1, 0.15) is 56.8 Å². The lowest BCUT2D eigenvalue weighted by atomic mass is 9.80. The molecule has 1 amide bonds. The molecule has 2 saturated heterocycles. The van der Waals surface area contributed by atoms with Crippen LogP contribution in [0.4, 0.5) is 9.18 Å². The van der Waals surface area contributed by atoms with Crippen molar-refractivity contribution in [3.63, 3.8) is 0 Å². The second-order valence-corrected chi connectivity index (χ2v) is 9.66. The number of ketones is 1. The number of hydrogen-bond acceptors (Lipinski definition) is 5. The van der Waals surface area contributed by atoms with Gasteiger partial charge in [-0.1, -0.05) is 0 Å².